The number of benzene rings is 1. The van der Waals surface area contributed by atoms with Crippen LogP contribution < -0.4 is 10.6 Å². The fourth-order valence-electron chi connectivity index (χ4n) is 3.00. The van der Waals surface area contributed by atoms with E-state index in [0.717, 1.165) is 18.5 Å². The molecule has 0 atom stereocenters. The highest BCUT2D eigenvalue weighted by Gasteiger charge is 2.16. The van der Waals surface area contributed by atoms with E-state index in [4.69, 9.17) is 0 Å². The van der Waals surface area contributed by atoms with E-state index in [9.17, 15) is 9.59 Å². The fourth-order valence-corrected chi connectivity index (χ4v) is 3.00. The molecule has 2 rings (SSSR count). The van der Waals surface area contributed by atoms with Crippen molar-refractivity contribution in [2.75, 3.05) is 5.32 Å². The molecule has 4 nitrogen and oxygen atoms in total. The first kappa shape index (κ1) is 17.5. The van der Waals surface area contributed by atoms with E-state index in [0.29, 0.717) is 5.92 Å². The molecule has 0 aliphatic heterocycles. The van der Waals surface area contributed by atoms with Gasteiger partial charge >= 0.3 is 0 Å². The van der Waals surface area contributed by atoms with Crippen LogP contribution in [-0.2, 0) is 9.59 Å². The summed E-state index contributed by atoms with van der Waals surface area (Å²) in [5.74, 6) is 0.0340. The van der Waals surface area contributed by atoms with Crippen LogP contribution in [0, 0.1) is 0 Å². The summed E-state index contributed by atoms with van der Waals surface area (Å²) in [7, 11) is 0. The molecule has 4 heteroatoms. The topological polar surface area (TPSA) is 58.2 Å². The van der Waals surface area contributed by atoms with Gasteiger partial charge < -0.3 is 10.6 Å². The quantitative estimate of drug-likeness (QED) is 0.637. The van der Waals surface area contributed by atoms with Crippen LogP contribution in [-0.4, -0.2) is 17.9 Å². The van der Waals surface area contributed by atoms with Crippen LogP contribution in [0.1, 0.15) is 70.3 Å². The molecule has 0 heterocycles. The van der Waals surface area contributed by atoms with Crippen LogP contribution in [0.5, 0.6) is 0 Å². The van der Waals surface area contributed by atoms with Gasteiger partial charge in [0.05, 0.1) is 0 Å². The lowest BCUT2D eigenvalue weighted by Crippen LogP contribution is -2.36. The second-order valence-electron chi connectivity index (χ2n) is 6.76. The van der Waals surface area contributed by atoms with Gasteiger partial charge in [-0.3, -0.25) is 9.59 Å². The first-order valence-electron chi connectivity index (χ1n) is 8.74. The molecule has 2 amide bonds. The Morgan fingerprint density at radius 3 is 2.17 bits per heavy atom. The Hall–Kier alpha value is -1.84. The third-order valence-electron chi connectivity index (χ3n) is 4.40. The van der Waals surface area contributed by atoms with Crippen molar-refractivity contribution in [2.45, 2.75) is 70.8 Å². The standard InChI is InChI=1S/C19H28N2O2/c1-14(2)15-9-11-17(12-10-15)21-19(23)13-18(22)20-16-7-5-3-4-6-8-16/h9-12,14,16H,3-8,13H2,1-2H3,(H,20,22)(H,21,23). The zero-order valence-corrected chi connectivity index (χ0v) is 14.2. The summed E-state index contributed by atoms with van der Waals surface area (Å²) in [5.41, 5.74) is 1.97. The van der Waals surface area contributed by atoms with Gasteiger partial charge in [-0.2, -0.15) is 0 Å². The van der Waals surface area contributed by atoms with Gasteiger partial charge in [0.1, 0.15) is 6.42 Å². The summed E-state index contributed by atoms with van der Waals surface area (Å²) >= 11 is 0. The molecular weight excluding hydrogens is 288 g/mol. The van der Waals surface area contributed by atoms with Gasteiger partial charge in [-0.1, -0.05) is 51.7 Å². The molecule has 1 saturated carbocycles. The summed E-state index contributed by atoms with van der Waals surface area (Å²) in [5, 5.41) is 5.79. The minimum absolute atomic E-state index is 0.109. The molecule has 1 aromatic rings. The normalized spacial score (nSPS) is 16.0. The van der Waals surface area contributed by atoms with Crippen molar-refractivity contribution in [1.29, 1.82) is 0 Å². The Morgan fingerprint density at radius 1 is 1.00 bits per heavy atom. The van der Waals surface area contributed by atoms with Crippen LogP contribution in [0.2, 0.25) is 0 Å². The lowest BCUT2D eigenvalue weighted by atomic mass is 10.0. The molecule has 1 fully saturated rings. The fraction of sp³-hybridized carbons (Fsp3) is 0.579. The average molecular weight is 316 g/mol. The predicted molar refractivity (Wildman–Crippen MR) is 93.4 cm³/mol. The molecule has 0 unspecified atom stereocenters. The second-order valence-corrected chi connectivity index (χ2v) is 6.76. The molecule has 0 bridgehead atoms. The molecule has 0 saturated heterocycles. The van der Waals surface area contributed by atoms with Crippen molar-refractivity contribution in [3.63, 3.8) is 0 Å². The van der Waals surface area contributed by atoms with Gasteiger partial charge in [-0.15, -0.1) is 0 Å². The van der Waals surface area contributed by atoms with Crippen LogP contribution in [0.4, 0.5) is 5.69 Å². The van der Waals surface area contributed by atoms with E-state index in [1.54, 1.807) is 0 Å². The van der Waals surface area contributed by atoms with E-state index in [1.165, 1.54) is 31.2 Å². The number of rotatable bonds is 5. The number of hydrogen-bond donors (Lipinski definition) is 2. The number of anilines is 1. The van der Waals surface area contributed by atoms with Crippen LogP contribution in [0.25, 0.3) is 0 Å². The first-order valence-corrected chi connectivity index (χ1v) is 8.74. The summed E-state index contributed by atoms with van der Waals surface area (Å²) in [6, 6.07) is 8.02. The Balaban J connectivity index is 1.78. The highest BCUT2D eigenvalue weighted by atomic mass is 16.2. The summed E-state index contributed by atoms with van der Waals surface area (Å²) < 4.78 is 0. The Bertz CT molecular complexity index is 515. The molecule has 1 aromatic carbocycles. The highest BCUT2D eigenvalue weighted by Crippen LogP contribution is 2.18. The van der Waals surface area contributed by atoms with Crippen molar-refractivity contribution < 1.29 is 9.59 Å². The van der Waals surface area contributed by atoms with Gasteiger partial charge in [0, 0.05) is 11.7 Å². The van der Waals surface area contributed by atoms with E-state index >= 15 is 0 Å². The zero-order valence-electron chi connectivity index (χ0n) is 14.2. The number of carbonyl (C=O) groups is 2. The molecule has 0 radical (unpaired) electrons. The number of carbonyl (C=O) groups excluding carboxylic acids is 2. The minimum atomic E-state index is -0.256. The van der Waals surface area contributed by atoms with Gasteiger partial charge in [0.15, 0.2) is 0 Å². The van der Waals surface area contributed by atoms with Gasteiger partial charge in [0.25, 0.3) is 0 Å². The SMILES string of the molecule is CC(C)c1ccc(NC(=O)CC(=O)NC2CCCCCC2)cc1. The molecule has 126 valence electrons. The maximum atomic E-state index is 12.0. The zero-order chi connectivity index (χ0) is 16.7. The van der Waals surface area contributed by atoms with Crippen molar-refractivity contribution in [2.24, 2.45) is 0 Å². The second kappa shape index (κ2) is 8.70. The molecule has 1 aliphatic rings. The number of hydrogen-bond acceptors (Lipinski definition) is 2. The third kappa shape index (κ3) is 6.05. The number of amides is 2. The molecule has 1 aliphatic carbocycles. The summed E-state index contributed by atoms with van der Waals surface area (Å²) in [4.78, 5) is 24.0. The van der Waals surface area contributed by atoms with Crippen LogP contribution in [0.3, 0.4) is 0 Å². The summed E-state index contributed by atoms with van der Waals surface area (Å²) in [6.07, 6.45) is 6.79. The monoisotopic (exact) mass is 316 g/mol. The van der Waals surface area contributed by atoms with Crippen molar-refractivity contribution in [3.8, 4) is 0 Å². The molecule has 0 spiro atoms. The smallest absolute Gasteiger partial charge is 0.233 e. The van der Waals surface area contributed by atoms with Gasteiger partial charge in [-0.25, -0.2) is 0 Å². The van der Waals surface area contributed by atoms with Crippen molar-refractivity contribution >= 4 is 17.5 Å². The maximum absolute atomic E-state index is 12.0. The van der Waals surface area contributed by atoms with Crippen molar-refractivity contribution in [3.05, 3.63) is 29.8 Å². The van der Waals surface area contributed by atoms with E-state index < -0.39 is 0 Å². The van der Waals surface area contributed by atoms with Gasteiger partial charge in [0.2, 0.25) is 11.8 Å². The summed E-state index contributed by atoms with van der Waals surface area (Å²) in [6.45, 7) is 4.26. The van der Waals surface area contributed by atoms with Gasteiger partial charge in [-0.05, 0) is 36.5 Å². The van der Waals surface area contributed by atoms with Crippen molar-refractivity contribution in [1.82, 2.24) is 5.32 Å². The Morgan fingerprint density at radius 2 is 1.61 bits per heavy atom. The molecule has 23 heavy (non-hydrogen) atoms. The highest BCUT2D eigenvalue weighted by molar-refractivity contribution is 6.03. The predicted octanol–water partition coefficient (Wildman–Crippen LogP) is 3.98. The largest absolute Gasteiger partial charge is 0.353 e. The Kier molecular flexibility index (Phi) is 6.63. The van der Waals surface area contributed by atoms with Crippen LogP contribution >= 0.6 is 0 Å². The maximum Gasteiger partial charge on any atom is 0.233 e. The minimum Gasteiger partial charge on any atom is -0.353 e. The third-order valence-corrected chi connectivity index (χ3v) is 4.40. The number of nitrogens with one attached hydrogen (secondary N) is 2. The Labute approximate surface area is 139 Å². The average Bonchev–Trinajstić information content (AvgIpc) is 2.76. The van der Waals surface area contributed by atoms with E-state index in [2.05, 4.69) is 24.5 Å². The lowest BCUT2D eigenvalue weighted by Gasteiger charge is -2.16. The van der Waals surface area contributed by atoms with E-state index in [1.807, 2.05) is 24.3 Å². The first-order chi connectivity index (χ1) is 11.0. The molecule has 2 N–H and O–H groups in total. The van der Waals surface area contributed by atoms with Crippen LogP contribution in [0.15, 0.2) is 24.3 Å². The molecular formula is C19H28N2O2. The lowest BCUT2D eigenvalue weighted by molar-refractivity contribution is -0.127. The van der Waals surface area contributed by atoms with E-state index in [-0.39, 0.29) is 24.3 Å². The molecule has 0 aromatic heterocycles.